The second-order valence-corrected chi connectivity index (χ2v) is 8.37. The number of carbonyl (C=O) groups excluding carboxylic acids is 2. The summed E-state index contributed by atoms with van der Waals surface area (Å²) in [7, 11) is 1.32. The fraction of sp³-hybridized carbons (Fsp3) is 0.409. The molecule has 1 aromatic carbocycles. The molecule has 1 aliphatic rings. The molecule has 0 bridgehead atoms. The number of H-pyrrole nitrogens is 1. The summed E-state index contributed by atoms with van der Waals surface area (Å²) in [4.78, 5) is 39.9. The molecule has 12 heteroatoms. The number of hydrogen-bond acceptors (Lipinski definition) is 6. The summed E-state index contributed by atoms with van der Waals surface area (Å²) in [5.74, 6) is -3.15. The molecule has 0 saturated carbocycles. The van der Waals surface area contributed by atoms with E-state index >= 15 is 0 Å². The van der Waals surface area contributed by atoms with Crippen molar-refractivity contribution in [3.63, 3.8) is 0 Å². The van der Waals surface area contributed by atoms with Crippen LogP contribution >= 0.6 is 11.6 Å². The van der Waals surface area contributed by atoms with Gasteiger partial charge in [0.1, 0.15) is 5.75 Å². The van der Waals surface area contributed by atoms with Crippen LogP contribution in [0.2, 0.25) is 5.02 Å². The Morgan fingerprint density at radius 2 is 1.85 bits per heavy atom. The maximum atomic E-state index is 12.8. The number of carbonyl (C=O) groups is 2. The second kappa shape index (κ2) is 10.1. The Labute approximate surface area is 197 Å². The van der Waals surface area contributed by atoms with Crippen LogP contribution in [0.3, 0.4) is 0 Å². The molecule has 1 aliphatic heterocycles. The first-order valence-corrected chi connectivity index (χ1v) is 10.7. The van der Waals surface area contributed by atoms with Crippen LogP contribution in [-0.4, -0.2) is 48.1 Å². The third kappa shape index (κ3) is 5.53. The van der Waals surface area contributed by atoms with Gasteiger partial charge in [-0.15, -0.1) is 0 Å². The zero-order valence-electron chi connectivity index (χ0n) is 18.4. The van der Waals surface area contributed by atoms with Gasteiger partial charge in [-0.3, -0.25) is 9.59 Å². The quantitative estimate of drug-likeness (QED) is 0.479. The van der Waals surface area contributed by atoms with Gasteiger partial charge in [0.2, 0.25) is 0 Å². The van der Waals surface area contributed by atoms with Gasteiger partial charge in [0, 0.05) is 42.0 Å². The topological polar surface area (TPSA) is 115 Å². The Bertz CT molecular complexity index is 1140. The van der Waals surface area contributed by atoms with Gasteiger partial charge in [-0.05, 0) is 43.4 Å². The monoisotopic (exact) mass is 501 g/mol. The van der Waals surface area contributed by atoms with E-state index in [2.05, 4.69) is 9.72 Å². The Kier molecular flexibility index (Phi) is 7.57. The number of nitrogens with one attached hydrogen (secondary N) is 1. The highest BCUT2D eigenvalue weighted by Crippen LogP contribution is 2.38. The Morgan fingerprint density at radius 1 is 1.21 bits per heavy atom. The number of nitrogens with zero attached hydrogens (tertiary/aromatic N) is 1. The number of aryl methyl sites for hydroxylation is 1. The van der Waals surface area contributed by atoms with Crippen LogP contribution in [0.5, 0.6) is 11.5 Å². The van der Waals surface area contributed by atoms with Gasteiger partial charge in [-0.25, -0.2) is 4.79 Å². The molecule has 1 fully saturated rings. The van der Waals surface area contributed by atoms with Gasteiger partial charge in [0.05, 0.1) is 12.7 Å². The van der Waals surface area contributed by atoms with E-state index < -0.39 is 23.7 Å². The first kappa shape index (κ1) is 25.6. The van der Waals surface area contributed by atoms with Crippen LogP contribution in [0.4, 0.5) is 13.2 Å². The Balaban J connectivity index is 1.74. The average molecular weight is 502 g/mol. The van der Waals surface area contributed by atoms with Crippen molar-refractivity contribution in [1.29, 1.82) is 0 Å². The van der Waals surface area contributed by atoms with Crippen molar-refractivity contribution in [3.05, 3.63) is 56.5 Å². The van der Waals surface area contributed by atoms with E-state index in [-0.39, 0.29) is 39.5 Å². The molecule has 2 heterocycles. The first-order chi connectivity index (χ1) is 15.9. The lowest BCUT2D eigenvalue weighted by Crippen LogP contribution is -2.41. The summed E-state index contributed by atoms with van der Waals surface area (Å²) in [6.45, 7) is 2.23. The number of benzene rings is 1. The van der Waals surface area contributed by atoms with E-state index in [1.165, 1.54) is 31.5 Å². The van der Waals surface area contributed by atoms with Crippen molar-refractivity contribution in [1.82, 2.24) is 9.88 Å². The lowest BCUT2D eigenvalue weighted by atomic mass is 9.85. The molecule has 2 aromatic rings. The highest BCUT2D eigenvalue weighted by atomic mass is 35.5. The number of ether oxygens (including phenoxy) is 2. The molecule has 184 valence electrons. The number of nitrogens with two attached hydrogens (primary N) is 1. The number of esters is 1. The predicted octanol–water partition coefficient (Wildman–Crippen LogP) is 3.37. The number of pyridine rings is 1. The minimum Gasteiger partial charge on any atom is -0.491 e. The minimum absolute atomic E-state index is 0.0138. The van der Waals surface area contributed by atoms with Crippen LogP contribution in [-0.2, 0) is 4.79 Å². The van der Waals surface area contributed by atoms with Crippen molar-refractivity contribution >= 4 is 23.5 Å². The van der Waals surface area contributed by atoms with Gasteiger partial charge in [-0.2, -0.15) is 13.2 Å². The molecule has 8 nitrogen and oxygen atoms in total. The summed E-state index contributed by atoms with van der Waals surface area (Å²) in [6, 6.07) is 3.24. The number of amides is 1. The fourth-order valence-electron chi connectivity index (χ4n) is 3.81. The molecule has 1 saturated heterocycles. The third-order valence-corrected chi connectivity index (χ3v) is 6.16. The summed E-state index contributed by atoms with van der Waals surface area (Å²) < 4.78 is 47.8. The molecule has 1 amide bonds. The summed E-state index contributed by atoms with van der Waals surface area (Å²) in [5, 5.41) is 0.275. The van der Waals surface area contributed by atoms with E-state index in [0.29, 0.717) is 31.5 Å². The molecule has 0 spiro atoms. The van der Waals surface area contributed by atoms with Crippen LogP contribution in [0, 0.1) is 12.8 Å². The molecule has 34 heavy (non-hydrogen) atoms. The van der Waals surface area contributed by atoms with E-state index in [0.717, 1.165) is 0 Å². The number of halogens is 4. The number of aromatic amines is 1. The van der Waals surface area contributed by atoms with Crippen LogP contribution in [0.15, 0.2) is 29.2 Å². The van der Waals surface area contributed by atoms with Crippen molar-refractivity contribution in [2.24, 2.45) is 11.7 Å². The van der Waals surface area contributed by atoms with Gasteiger partial charge in [-0.1, -0.05) is 11.6 Å². The van der Waals surface area contributed by atoms with E-state index in [1.807, 2.05) is 0 Å². The lowest BCUT2D eigenvalue weighted by Gasteiger charge is -2.35. The number of aromatic nitrogens is 1. The molecule has 3 N–H and O–H groups in total. The average Bonchev–Trinajstić information content (AvgIpc) is 2.80. The van der Waals surface area contributed by atoms with Gasteiger partial charge in [0.15, 0.2) is 5.75 Å². The normalized spacial score (nSPS) is 15.7. The van der Waals surface area contributed by atoms with Gasteiger partial charge >= 0.3 is 12.1 Å². The summed E-state index contributed by atoms with van der Waals surface area (Å²) in [5.41, 5.74) is 6.78. The lowest BCUT2D eigenvalue weighted by molar-refractivity contribution is -0.189. The Morgan fingerprint density at radius 3 is 2.44 bits per heavy atom. The standard InChI is InChI=1S/C22H23ClF3N3O5/c1-11-7-16(34-21(32)22(24,25)26)14(9-15(11)23)18(27)12-3-5-29(6-4-12)20(31)13-8-17(33-2)19(30)28-10-13/h7-10,12,18H,3-6,27H2,1-2H3,(H,28,30)/t18-/m1/s1. The maximum absolute atomic E-state index is 12.8. The van der Waals surface area contributed by atoms with E-state index in [4.69, 9.17) is 22.1 Å². The molecular weight excluding hydrogens is 479 g/mol. The number of hydrogen-bond donors (Lipinski definition) is 2. The highest BCUT2D eigenvalue weighted by molar-refractivity contribution is 6.31. The second-order valence-electron chi connectivity index (χ2n) is 7.97. The maximum Gasteiger partial charge on any atom is 0.491 e. The SMILES string of the molecule is COc1cc(C(=O)N2CCC([C@@H](N)c3cc(Cl)c(C)cc3OC(=O)C(F)(F)F)CC2)c[nH]c1=O. The molecule has 1 atom stereocenters. The van der Waals surface area contributed by atoms with E-state index in [1.54, 1.807) is 11.8 Å². The summed E-state index contributed by atoms with van der Waals surface area (Å²) >= 11 is 6.16. The highest BCUT2D eigenvalue weighted by Gasteiger charge is 2.42. The third-order valence-electron chi connectivity index (χ3n) is 5.76. The number of alkyl halides is 3. The largest absolute Gasteiger partial charge is 0.491 e. The predicted molar refractivity (Wildman–Crippen MR) is 117 cm³/mol. The number of rotatable bonds is 5. The molecule has 3 rings (SSSR count). The van der Waals surface area contributed by atoms with Crippen LogP contribution in [0.25, 0.3) is 0 Å². The van der Waals surface area contributed by atoms with Gasteiger partial charge in [0.25, 0.3) is 11.5 Å². The van der Waals surface area contributed by atoms with Crippen molar-refractivity contribution in [2.45, 2.75) is 32.0 Å². The van der Waals surface area contributed by atoms with Crippen molar-refractivity contribution in [2.75, 3.05) is 20.2 Å². The molecule has 1 aromatic heterocycles. The number of piperidine rings is 1. The summed E-state index contributed by atoms with van der Waals surface area (Å²) in [6.07, 6.45) is -2.96. The smallest absolute Gasteiger partial charge is 0.491 e. The molecule has 0 unspecified atom stereocenters. The van der Waals surface area contributed by atoms with Gasteiger partial charge < -0.3 is 25.1 Å². The van der Waals surface area contributed by atoms with Crippen LogP contribution in [0.1, 0.15) is 40.4 Å². The van der Waals surface area contributed by atoms with E-state index in [9.17, 15) is 27.6 Å². The van der Waals surface area contributed by atoms with Crippen molar-refractivity contribution in [3.8, 4) is 11.5 Å². The molecular formula is C22H23ClF3N3O5. The van der Waals surface area contributed by atoms with Crippen molar-refractivity contribution < 1.29 is 32.2 Å². The number of likely N-dealkylation sites (tertiary alicyclic amines) is 1. The zero-order chi connectivity index (χ0) is 25.2. The Hall–Kier alpha value is -3.05. The first-order valence-electron chi connectivity index (χ1n) is 10.3. The number of methoxy groups -OCH3 is 1. The minimum atomic E-state index is -5.16. The fourth-order valence-corrected chi connectivity index (χ4v) is 3.99. The molecule has 0 aliphatic carbocycles. The zero-order valence-corrected chi connectivity index (χ0v) is 19.1. The van der Waals surface area contributed by atoms with Crippen LogP contribution < -0.4 is 20.8 Å². The molecule has 0 radical (unpaired) electrons.